The van der Waals surface area contributed by atoms with E-state index in [1.54, 1.807) is 0 Å². The molecular formula is C25H22N4. The first kappa shape index (κ1) is 18.7. The molecule has 0 aliphatic rings. The van der Waals surface area contributed by atoms with Crippen LogP contribution in [0.1, 0.15) is 22.3 Å². The van der Waals surface area contributed by atoms with E-state index in [9.17, 15) is 0 Å². The van der Waals surface area contributed by atoms with Crippen LogP contribution < -0.4 is 0 Å². The molecule has 0 amide bonds. The lowest BCUT2D eigenvalue weighted by molar-refractivity contribution is 1.18. The van der Waals surface area contributed by atoms with E-state index in [4.69, 9.17) is 0 Å². The summed E-state index contributed by atoms with van der Waals surface area (Å²) in [5.41, 5.74) is 8.24. The standard InChI is InChI=1S/C25H22N4/c1-18-6-10-26-22(14-18)24-16-20(8-12-28-24)4-3-5-21-9-13-29-25(17-21)23-15-19(2)7-11-27-23/h3-4,6-17H,5H2,1-2H3/b4-3+. The predicted octanol–water partition coefficient (Wildman–Crippen LogP) is 5.47. The Hall–Kier alpha value is -3.66. The van der Waals surface area contributed by atoms with Gasteiger partial charge < -0.3 is 0 Å². The Labute approximate surface area is 171 Å². The Bertz CT molecular complexity index is 1160. The van der Waals surface area contributed by atoms with Crippen molar-refractivity contribution < 1.29 is 0 Å². The minimum Gasteiger partial charge on any atom is -0.255 e. The fourth-order valence-corrected chi connectivity index (χ4v) is 3.12. The van der Waals surface area contributed by atoms with Crippen LogP contribution in [0.4, 0.5) is 0 Å². The Kier molecular flexibility index (Phi) is 5.52. The largest absolute Gasteiger partial charge is 0.255 e. The molecule has 4 rings (SSSR count). The van der Waals surface area contributed by atoms with Gasteiger partial charge in [-0.15, -0.1) is 0 Å². The monoisotopic (exact) mass is 378 g/mol. The summed E-state index contributed by atoms with van der Waals surface area (Å²) in [4.78, 5) is 17.8. The maximum absolute atomic E-state index is 4.47. The molecule has 0 fully saturated rings. The van der Waals surface area contributed by atoms with Crippen molar-refractivity contribution in [2.24, 2.45) is 0 Å². The molecule has 142 valence electrons. The van der Waals surface area contributed by atoms with Gasteiger partial charge in [0.25, 0.3) is 0 Å². The van der Waals surface area contributed by atoms with E-state index in [-0.39, 0.29) is 0 Å². The van der Waals surface area contributed by atoms with Gasteiger partial charge in [-0.3, -0.25) is 19.9 Å². The first-order chi connectivity index (χ1) is 14.2. The highest BCUT2D eigenvalue weighted by Gasteiger charge is 2.03. The quantitative estimate of drug-likeness (QED) is 0.462. The van der Waals surface area contributed by atoms with Crippen LogP contribution in [0.2, 0.25) is 0 Å². The van der Waals surface area contributed by atoms with E-state index >= 15 is 0 Å². The molecule has 4 aromatic heterocycles. The van der Waals surface area contributed by atoms with E-state index in [0.29, 0.717) is 0 Å². The Balaban J connectivity index is 1.50. The van der Waals surface area contributed by atoms with Crippen LogP contribution >= 0.6 is 0 Å². The number of hydrogen-bond donors (Lipinski definition) is 0. The fourth-order valence-electron chi connectivity index (χ4n) is 3.12. The van der Waals surface area contributed by atoms with Crippen molar-refractivity contribution in [3.8, 4) is 22.8 Å². The van der Waals surface area contributed by atoms with Gasteiger partial charge >= 0.3 is 0 Å². The molecule has 0 bridgehead atoms. The van der Waals surface area contributed by atoms with Gasteiger partial charge in [0.15, 0.2) is 0 Å². The van der Waals surface area contributed by atoms with Crippen molar-refractivity contribution in [1.82, 2.24) is 19.9 Å². The van der Waals surface area contributed by atoms with E-state index < -0.39 is 0 Å². The highest BCUT2D eigenvalue weighted by Crippen LogP contribution is 2.19. The molecule has 0 radical (unpaired) electrons. The second-order valence-electron chi connectivity index (χ2n) is 7.07. The normalized spacial score (nSPS) is 11.1. The molecule has 29 heavy (non-hydrogen) atoms. The molecule has 0 unspecified atom stereocenters. The molecule has 0 atom stereocenters. The fraction of sp³-hybridized carbons (Fsp3) is 0.120. The van der Waals surface area contributed by atoms with E-state index in [1.165, 1.54) is 16.7 Å². The van der Waals surface area contributed by atoms with Gasteiger partial charge in [-0.2, -0.15) is 0 Å². The average molecular weight is 378 g/mol. The first-order valence-corrected chi connectivity index (χ1v) is 9.61. The molecule has 4 aromatic rings. The zero-order valence-corrected chi connectivity index (χ0v) is 16.6. The topological polar surface area (TPSA) is 51.6 Å². The highest BCUT2D eigenvalue weighted by atomic mass is 14.8. The second kappa shape index (κ2) is 8.57. The third-order valence-electron chi connectivity index (χ3n) is 4.63. The van der Waals surface area contributed by atoms with E-state index in [1.807, 2.05) is 55.1 Å². The number of aryl methyl sites for hydroxylation is 2. The number of nitrogens with zero attached hydrogens (tertiary/aromatic N) is 4. The summed E-state index contributed by atoms with van der Waals surface area (Å²) in [6.07, 6.45) is 12.4. The lowest BCUT2D eigenvalue weighted by Gasteiger charge is -2.04. The van der Waals surface area contributed by atoms with Crippen LogP contribution in [0.3, 0.4) is 0 Å². The Morgan fingerprint density at radius 1 is 0.621 bits per heavy atom. The van der Waals surface area contributed by atoms with Gasteiger partial charge in [-0.25, -0.2) is 0 Å². The van der Waals surface area contributed by atoms with Gasteiger partial charge in [0, 0.05) is 24.8 Å². The zero-order chi connectivity index (χ0) is 20.1. The van der Waals surface area contributed by atoms with Crippen molar-refractivity contribution in [1.29, 1.82) is 0 Å². The number of hydrogen-bond acceptors (Lipinski definition) is 4. The van der Waals surface area contributed by atoms with Crippen LogP contribution in [-0.2, 0) is 6.42 Å². The highest BCUT2D eigenvalue weighted by molar-refractivity contribution is 5.61. The maximum atomic E-state index is 4.47. The predicted molar refractivity (Wildman–Crippen MR) is 117 cm³/mol. The lowest BCUT2D eigenvalue weighted by Crippen LogP contribution is -1.91. The zero-order valence-electron chi connectivity index (χ0n) is 16.6. The van der Waals surface area contributed by atoms with Crippen molar-refractivity contribution in [2.75, 3.05) is 0 Å². The minimum atomic E-state index is 0.821. The third kappa shape index (κ3) is 4.79. The molecule has 0 aliphatic carbocycles. The molecule has 0 aromatic carbocycles. The van der Waals surface area contributed by atoms with Crippen molar-refractivity contribution >= 4 is 6.08 Å². The van der Waals surface area contributed by atoms with Gasteiger partial charge in [-0.05, 0) is 91.1 Å². The molecule has 0 saturated heterocycles. The van der Waals surface area contributed by atoms with Crippen LogP contribution in [0.5, 0.6) is 0 Å². The Morgan fingerprint density at radius 2 is 1.14 bits per heavy atom. The number of pyridine rings is 4. The average Bonchev–Trinajstić information content (AvgIpc) is 2.74. The van der Waals surface area contributed by atoms with Crippen molar-refractivity contribution in [2.45, 2.75) is 20.3 Å². The van der Waals surface area contributed by atoms with Crippen molar-refractivity contribution in [3.63, 3.8) is 0 Å². The third-order valence-corrected chi connectivity index (χ3v) is 4.63. The summed E-state index contributed by atoms with van der Waals surface area (Å²) in [6, 6.07) is 16.3. The molecule has 4 nitrogen and oxygen atoms in total. The summed E-state index contributed by atoms with van der Waals surface area (Å²) >= 11 is 0. The summed E-state index contributed by atoms with van der Waals surface area (Å²) in [5, 5.41) is 0. The summed E-state index contributed by atoms with van der Waals surface area (Å²) in [6.45, 7) is 4.12. The summed E-state index contributed by atoms with van der Waals surface area (Å²) in [7, 11) is 0. The molecule has 4 heteroatoms. The molecule has 0 aliphatic heterocycles. The van der Waals surface area contributed by atoms with Gasteiger partial charge in [0.2, 0.25) is 0 Å². The second-order valence-corrected chi connectivity index (χ2v) is 7.07. The summed E-state index contributed by atoms with van der Waals surface area (Å²) in [5.74, 6) is 0. The number of aromatic nitrogens is 4. The molecule has 0 spiro atoms. The van der Waals surface area contributed by atoms with Crippen molar-refractivity contribution in [3.05, 3.63) is 102 Å². The minimum absolute atomic E-state index is 0.821. The lowest BCUT2D eigenvalue weighted by atomic mass is 10.1. The van der Waals surface area contributed by atoms with Gasteiger partial charge in [0.05, 0.1) is 22.8 Å². The number of allylic oxidation sites excluding steroid dienone is 1. The van der Waals surface area contributed by atoms with Crippen LogP contribution in [0.25, 0.3) is 28.9 Å². The van der Waals surface area contributed by atoms with Gasteiger partial charge in [-0.1, -0.05) is 12.2 Å². The smallest absolute Gasteiger partial charge is 0.0892 e. The molecular weight excluding hydrogens is 356 g/mol. The van der Waals surface area contributed by atoms with Gasteiger partial charge in [0.1, 0.15) is 0 Å². The number of rotatable bonds is 5. The molecule has 0 saturated carbocycles. The SMILES string of the molecule is Cc1ccnc(-c2cc(/C=C/Cc3ccnc(-c4cc(C)ccn4)c3)ccn2)c1. The maximum Gasteiger partial charge on any atom is 0.0892 e. The van der Waals surface area contributed by atoms with E-state index in [0.717, 1.165) is 34.8 Å². The van der Waals surface area contributed by atoms with Crippen LogP contribution in [0.15, 0.2) is 79.4 Å². The first-order valence-electron chi connectivity index (χ1n) is 9.61. The molecule has 4 heterocycles. The molecule has 0 N–H and O–H groups in total. The van der Waals surface area contributed by atoms with Crippen LogP contribution in [0, 0.1) is 13.8 Å². The Morgan fingerprint density at radius 3 is 1.76 bits per heavy atom. The summed E-state index contributed by atoms with van der Waals surface area (Å²) < 4.78 is 0. The van der Waals surface area contributed by atoms with Crippen LogP contribution in [-0.4, -0.2) is 19.9 Å². The van der Waals surface area contributed by atoms with E-state index in [2.05, 4.69) is 64.1 Å².